The van der Waals surface area contributed by atoms with Gasteiger partial charge in [-0.1, -0.05) is 43.6 Å². The molecule has 0 saturated carbocycles. The van der Waals surface area contributed by atoms with Crippen LogP contribution in [0, 0.1) is 0 Å². The first kappa shape index (κ1) is 18.9. The smallest absolute Gasteiger partial charge is 0.280 e. The number of pyridine rings is 1. The van der Waals surface area contributed by atoms with Crippen molar-refractivity contribution in [2.75, 3.05) is 5.01 Å². The van der Waals surface area contributed by atoms with E-state index in [9.17, 15) is 14.7 Å². The topological polar surface area (TPSA) is 82.5 Å². The summed E-state index contributed by atoms with van der Waals surface area (Å²) in [6.07, 6.45) is 1.91. The normalized spacial score (nSPS) is 11.0. The monoisotopic (exact) mass is 361 g/mol. The van der Waals surface area contributed by atoms with Gasteiger partial charge in [-0.2, -0.15) is 0 Å². The number of aliphatic hydroxyl groups is 1. The van der Waals surface area contributed by atoms with E-state index in [2.05, 4.69) is 10.4 Å². The highest BCUT2D eigenvalue weighted by atomic mass is 35.5. The van der Waals surface area contributed by atoms with Crippen LogP contribution in [0.25, 0.3) is 0 Å². The quantitative estimate of drug-likeness (QED) is 0.633. The van der Waals surface area contributed by atoms with E-state index in [1.807, 2.05) is 0 Å². The number of aromatic nitrogens is 1. The van der Waals surface area contributed by atoms with Crippen molar-refractivity contribution in [3.63, 3.8) is 0 Å². The molecule has 6 nitrogen and oxygen atoms in total. The molecule has 0 fully saturated rings. The Kier molecular flexibility index (Phi) is 6.12. The van der Waals surface area contributed by atoms with Crippen LogP contribution in [-0.2, 0) is 4.79 Å². The van der Waals surface area contributed by atoms with Gasteiger partial charge in [0.2, 0.25) is 0 Å². The number of anilines is 1. The third-order valence-corrected chi connectivity index (χ3v) is 4.31. The van der Waals surface area contributed by atoms with Gasteiger partial charge in [0, 0.05) is 6.20 Å². The van der Waals surface area contributed by atoms with Crippen LogP contribution in [0.1, 0.15) is 37.0 Å². The minimum Gasteiger partial charge on any atom is -0.380 e. The highest BCUT2D eigenvalue weighted by Crippen LogP contribution is 2.21. The molecule has 0 aliphatic rings. The van der Waals surface area contributed by atoms with Crippen LogP contribution in [0.3, 0.4) is 0 Å². The standard InChI is InChI=1S/C18H20ClN3O3/c1-3-18(25,4-2)17(24)21-22(13-9-6-5-7-10-13)16(23)14-11-8-12-20-15(14)19/h5-12,25H,3-4H2,1-2H3,(H,21,24). The number of hydrogen-bond donors (Lipinski definition) is 2. The molecular formula is C18H20ClN3O3. The summed E-state index contributed by atoms with van der Waals surface area (Å²) in [5, 5.41) is 11.5. The number of carbonyl (C=O) groups is 2. The molecule has 2 N–H and O–H groups in total. The average molecular weight is 362 g/mol. The molecule has 7 heteroatoms. The molecule has 0 bridgehead atoms. The van der Waals surface area contributed by atoms with Crippen LogP contribution in [0.2, 0.25) is 5.15 Å². The summed E-state index contributed by atoms with van der Waals surface area (Å²) < 4.78 is 0. The van der Waals surface area contributed by atoms with E-state index in [1.165, 1.54) is 12.3 Å². The summed E-state index contributed by atoms with van der Waals surface area (Å²) in [6, 6.07) is 11.7. The minimum absolute atomic E-state index is 0.0314. The van der Waals surface area contributed by atoms with Crippen LogP contribution in [0.5, 0.6) is 0 Å². The molecule has 2 aromatic rings. The van der Waals surface area contributed by atoms with Crippen molar-refractivity contribution in [3.8, 4) is 0 Å². The molecule has 1 heterocycles. The second-order valence-electron chi connectivity index (χ2n) is 5.50. The van der Waals surface area contributed by atoms with E-state index in [0.29, 0.717) is 5.69 Å². The summed E-state index contributed by atoms with van der Waals surface area (Å²) >= 11 is 6.01. The van der Waals surface area contributed by atoms with Crippen LogP contribution in [-0.4, -0.2) is 27.5 Å². The Balaban J connectivity index is 2.40. The van der Waals surface area contributed by atoms with Crippen molar-refractivity contribution in [1.29, 1.82) is 0 Å². The largest absolute Gasteiger partial charge is 0.380 e. The van der Waals surface area contributed by atoms with Crippen molar-refractivity contribution in [2.45, 2.75) is 32.3 Å². The molecule has 2 amide bonds. The number of carbonyl (C=O) groups excluding carboxylic acids is 2. The number of rotatable bonds is 5. The van der Waals surface area contributed by atoms with E-state index in [4.69, 9.17) is 11.6 Å². The molecule has 2 rings (SSSR count). The predicted octanol–water partition coefficient (Wildman–Crippen LogP) is 2.96. The fraction of sp³-hybridized carbons (Fsp3) is 0.278. The fourth-order valence-electron chi connectivity index (χ4n) is 2.25. The molecule has 132 valence electrons. The highest BCUT2D eigenvalue weighted by Gasteiger charge is 2.34. The maximum Gasteiger partial charge on any atom is 0.280 e. The van der Waals surface area contributed by atoms with Crippen LogP contribution in [0.4, 0.5) is 5.69 Å². The summed E-state index contributed by atoms with van der Waals surface area (Å²) in [5.74, 6) is -1.21. The van der Waals surface area contributed by atoms with E-state index in [0.717, 1.165) is 5.01 Å². The molecule has 0 spiro atoms. The van der Waals surface area contributed by atoms with Gasteiger partial charge >= 0.3 is 0 Å². The Morgan fingerprint density at radius 1 is 1.16 bits per heavy atom. The van der Waals surface area contributed by atoms with Crippen LogP contribution in [0.15, 0.2) is 48.7 Å². The van der Waals surface area contributed by atoms with E-state index < -0.39 is 17.4 Å². The number of hydrazine groups is 1. The molecule has 1 aromatic heterocycles. The lowest BCUT2D eigenvalue weighted by atomic mass is 9.97. The molecular weight excluding hydrogens is 342 g/mol. The Labute approximate surface area is 151 Å². The summed E-state index contributed by atoms with van der Waals surface area (Å²) in [6.45, 7) is 3.41. The molecule has 0 radical (unpaired) electrons. The molecule has 0 aliphatic heterocycles. The van der Waals surface area contributed by atoms with Crippen molar-refractivity contribution < 1.29 is 14.7 Å². The maximum atomic E-state index is 12.9. The first-order valence-corrected chi connectivity index (χ1v) is 8.34. The third kappa shape index (κ3) is 4.15. The van der Waals surface area contributed by atoms with Crippen molar-refractivity contribution in [1.82, 2.24) is 10.4 Å². The van der Waals surface area contributed by atoms with E-state index in [1.54, 1.807) is 50.2 Å². The number of para-hydroxylation sites is 1. The number of halogens is 1. The van der Waals surface area contributed by atoms with Crippen molar-refractivity contribution >= 4 is 29.1 Å². The van der Waals surface area contributed by atoms with Crippen LogP contribution >= 0.6 is 11.6 Å². The van der Waals surface area contributed by atoms with Gasteiger partial charge in [0.05, 0.1) is 11.3 Å². The first-order chi connectivity index (χ1) is 11.9. The van der Waals surface area contributed by atoms with E-state index in [-0.39, 0.29) is 23.6 Å². The van der Waals surface area contributed by atoms with Gasteiger partial charge in [-0.25, -0.2) is 9.99 Å². The zero-order chi connectivity index (χ0) is 18.4. The number of nitrogens with one attached hydrogen (secondary N) is 1. The van der Waals surface area contributed by atoms with Gasteiger partial charge < -0.3 is 5.11 Å². The maximum absolute atomic E-state index is 12.9. The predicted molar refractivity (Wildman–Crippen MR) is 96.2 cm³/mol. The zero-order valence-electron chi connectivity index (χ0n) is 14.1. The second kappa shape index (κ2) is 8.09. The Bertz CT molecular complexity index is 748. The second-order valence-corrected chi connectivity index (χ2v) is 5.86. The number of amides is 2. The molecule has 0 atom stereocenters. The fourth-order valence-corrected chi connectivity index (χ4v) is 2.45. The van der Waals surface area contributed by atoms with Gasteiger partial charge in [-0.05, 0) is 37.1 Å². The highest BCUT2D eigenvalue weighted by molar-refractivity contribution is 6.33. The lowest BCUT2D eigenvalue weighted by Crippen LogP contribution is -2.55. The van der Waals surface area contributed by atoms with Gasteiger partial charge in [-0.3, -0.25) is 15.0 Å². The van der Waals surface area contributed by atoms with Gasteiger partial charge in [0.1, 0.15) is 10.8 Å². The SMILES string of the molecule is CCC(O)(CC)C(=O)NN(C(=O)c1cccnc1Cl)c1ccccc1. The van der Waals surface area contributed by atoms with Gasteiger partial charge in [-0.15, -0.1) is 0 Å². The Morgan fingerprint density at radius 3 is 2.36 bits per heavy atom. The third-order valence-electron chi connectivity index (χ3n) is 4.01. The lowest BCUT2D eigenvalue weighted by Gasteiger charge is -2.29. The van der Waals surface area contributed by atoms with Gasteiger partial charge in [0.15, 0.2) is 0 Å². The molecule has 1 aromatic carbocycles. The van der Waals surface area contributed by atoms with E-state index >= 15 is 0 Å². The van der Waals surface area contributed by atoms with Crippen molar-refractivity contribution in [3.05, 3.63) is 59.4 Å². The van der Waals surface area contributed by atoms with Gasteiger partial charge in [0.25, 0.3) is 11.8 Å². The molecule has 25 heavy (non-hydrogen) atoms. The first-order valence-electron chi connectivity index (χ1n) is 7.96. The van der Waals surface area contributed by atoms with Crippen LogP contribution < -0.4 is 10.4 Å². The Morgan fingerprint density at radius 2 is 1.80 bits per heavy atom. The number of nitrogens with zero attached hydrogens (tertiary/aromatic N) is 2. The minimum atomic E-state index is -1.56. The Hall–Kier alpha value is -2.44. The molecule has 0 aliphatic carbocycles. The number of benzene rings is 1. The lowest BCUT2D eigenvalue weighted by molar-refractivity contribution is -0.140. The summed E-state index contributed by atoms with van der Waals surface area (Å²) in [5.41, 5.74) is 1.53. The van der Waals surface area contributed by atoms with Crippen molar-refractivity contribution in [2.24, 2.45) is 0 Å². The summed E-state index contributed by atoms with van der Waals surface area (Å²) in [4.78, 5) is 29.3. The summed E-state index contributed by atoms with van der Waals surface area (Å²) in [7, 11) is 0. The molecule has 0 unspecified atom stereocenters. The molecule has 0 saturated heterocycles. The number of hydrogen-bond acceptors (Lipinski definition) is 4. The zero-order valence-corrected chi connectivity index (χ0v) is 14.8. The average Bonchev–Trinajstić information content (AvgIpc) is 2.65.